The summed E-state index contributed by atoms with van der Waals surface area (Å²) >= 11 is 0. The predicted molar refractivity (Wildman–Crippen MR) is 621 cm³/mol. The molecule has 30 rings (SSSR count). The maximum Gasteiger partial charge on any atom is 0.165 e. The van der Waals surface area contributed by atoms with Crippen LogP contribution in [-0.4, -0.2) is 59.8 Å². The van der Waals surface area contributed by atoms with Gasteiger partial charge in [0.25, 0.3) is 0 Å². The lowest BCUT2D eigenvalue weighted by molar-refractivity contribution is 1.08. The maximum atomic E-state index is 5.37. The highest BCUT2D eigenvalue weighted by molar-refractivity contribution is 6.15. The van der Waals surface area contributed by atoms with E-state index in [2.05, 4.69) is 476 Å². The van der Waals surface area contributed by atoms with E-state index in [-0.39, 0.29) is 0 Å². The molecule has 0 amide bonds. The Morgan fingerprint density at radius 3 is 0.640 bits per heavy atom. The number of pyridine rings is 3. The van der Waals surface area contributed by atoms with Crippen molar-refractivity contribution in [2.75, 3.05) is 0 Å². The maximum absolute atomic E-state index is 5.37. The van der Waals surface area contributed by atoms with E-state index in [9.17, 15) is 0 Å². The highest BCUT2D eigenvalue weighted by atomic mass is 15.1. The van der Waals surface area contributed by atoms with Crippen LogP contribution in [-0.2, 0) is 0 Å². The molecular formula is C138H84N12. The molecule has 0 spiro atoms. The van der Waals surface area contributed by atoms with Gasteiger partial charge in [-0.2, -0.15) is 0 Å². The molecule has 0 bridgehead atoms. The van der Waals surface area contributed by atoms with Gasteiger partial charge < -0.3 is 0 Å². The zero-order valence-corrected chi connectivity index (χ0v) is 80.9. The van der Waals surface area contributed by atoms with Crippen molar-refractivity contribution >= 4 is 162 Å². The average Bonchev–Trinajstić information content (AvgIpc) is 0.746. The summed E-state index contributed by atoms with van der Waals surface area (Å²) in [5.41, 5.74) is 15.5. The number of nitrogens with zero attached hydrogens (tertiary/aromatic N) is 12. The van der Waals surface area contributed by atoms with Crippen LogP contribution in [0.25, 0.3) is 297 Å². The van der Waals surface area contributed by atoms with E-state index in [0.717, 1.165) is 180 Å². The summed E-state index contributed by atoms with van der Waals surface area (Å²) < 4.78 is 0. The number of fused-ring (bicyclic) bond motifs is 15. The molecule has 6 heterocycles. The summed E-state index contributed by atoms with van der Waals surface area (Å²) in [6.45, 7) is 0. The highest BCUT2D eigenvalue weighted by Crippen LogP contribution is 2.44. The van der Waals surface area contributed by atoms with Gasteiger partial charge in [0.15, 0.2) is 52.4 Å². The Kier molecular flexibility index (Phi) is 21.6. The van der Waals surface area contributed by atoms with Gasteiger partial charge in [-0.1, -0.05) is 364 Å². The van der Waals surface area contributed by atoms with Gasteiger partial charge in [0.2, 0.25) is 0 Å². The minimum absolute atomic E-state index is 0.634. The number of rotatable bonds is 12. The Hall–Kier alpha value is -20.3. The first-order valence-electron chi connectivity index (χ1n) is 50.3. The first kappa shape index (κ1) is 87.5. The van der Waals surface area contributed by atoms with Gasteiger partial charge in [0.05, 0.1) is 0 Å². The molecule has 150 heavy (non-hydrogen) atoms. The summed E-state index contributed by atoms with van der Waals surface area (Å²) in [7, 11) is 0. The van der Waals surface area contributed by atoms with Crippen molar-refractivity contribution in [3.8, 4) is 136 Å². The van der Waals surface area contributed by atoms with E-state index in [1.54, 1.807) is 0 Å². The first-order valence-corrected chi connectivity index (χ1v) is 50.3. The van der Waals surface area contributed by atoms with E-state index in [1.165, 1.54) is 64.6 Å². The Morgan fingerprint density at radius 2 is 0.307 bits per heavy atom. The van der Waals surface area contributed by atoms with Crippen LogP contribution in [0.2, 0.25) is 0 Å². The van der Waals surface area contributed by atoms with E-state index in [1.807, 2.05) is 49.3 Å². The van der Waals surface area contributed by atoms with Gasteiger partial charge >= 0.3 is 0 Å². The fraction of sp³-hybridized carbons (Fsp3) is 0. The minimum Gasteiger partial charge on any atom is -0.264 e. The van der Waals surface area contributed by atoms with Gasteiger partial charge in [-0.05, 0) is 288 Å². The Balaban J connectivity index is 0.000000108. The molecule has 0 saturated heterocycles. The van der Waals surface area contributed by atoms with Crippen LogP contribution in [0.5, 0.6) is 0 Å². The first-order chi connectivity index (χ1) is 74.2. The molecule has 12 heteroatoms. The third kappa shape index (κ3) is 16.6. The zero-order valence-electron chi connectivity index (χ0n) is 80.9. The third-order valence-corrected chi connectivity index (χ3v) is 29.1. The van der Waals surface area contributed by atoms with Crippen molar-refractivity contribution in [1.82, 2.24) is 59.8 Å². The van der Waals surface area contributed by atoms with E-state index in [4.69, 9.17) is 44.9 Å². The molecule has 6 aromatic heterocycles. The summed E-state index contributed by atoms with van der Waals surface area (Å²) in [6, 6.07) is 167. The zero-order chi connectivity index (χ0) is 99.1. The topological polar surface area (TPSA) is 155 Å². The quantitative estimate of drug-likeness (QED) is 0.107. The number of hydrogen-bond donors (Lipinski definition) is 0. The van der Waals surface area contributed by atoms with E-state index in [0.29, 0.717) is 52.4 Å². The summed E-state index contributed by atoms with van der Waals surface area (Å²) in [5, 5.41) is 34.8. The number of benzene rings is 24. The Labute approximate surface area is 861 Å². The second-order valence-corrected chi connectivity index (χ2v) is 38.3. The van der Waals surface area contributed by atoms with Crippen molar-refractivity contribution in [3.05, 3.63) is 510 Å². The Morgan fingerprint density at radius 1 is 0.107 bits per heavy atom. The lowest BCUT2D eigenvalue weighted by Crippen LogP contribution is -2.02. The number of hydrogen-bond acceptors (Lipinski definition) is 12. The van der Waals surface area contributed by atoms with Crippen LogP contribution in [0.3, 0.4) is 0 Å². The summed E-state index contributed by atoms with van der Waals surface area (Å²) in [6.07, 6.45) is 11.2. The normalized spacial score (nSPS) is 11.6. The van der Waals surface area contributed by atoms with Crippen LogP contribution in [0.15, 0.2) is 510 Å². The molecule has 0 aliphatic carbocycles. The van der Waals surface area contributed by atoms with Gasteiger partial charge in [-0.15, -0.1) is 0 Å². The summed E-state index contributed by atoms with van der Waals surface area (Å²) in [4.78, 5) is 59.5. The van der Waals surface area contributed by atoms with Crippen LogP contribution >= 0.6 is 0 Å². The molecule has 0 saturated carbocycles. The predicted octanol–water partition coefficient (Wildman–Crippen LogP) is 35.1. The fourth-order valence-electron chi connectivity index (χ4n) is 21.5. The molecule has 0 N–H and O–H groups in total. The van der Waals surface area contributed by atoms with Crippen molar-refractivity contribution in [3.63, 3.8) is 0 Å². The molecule has 0 radical (unpaired) electrons. The van der Waals surface area contributed by atoms with Gasteiger partial charge in [0, 0.05) is 103 Å². The monoisotopic (exact) mass is 1910 g/mol. The molecule has 12 nitrogen and oxygen atoms in total. The number of aromatic nitrogens is 12. The van der Waals surface area contributed by atoms with Gasteiger partial charge in [-0.25, -0.2) is 44.9 Å². The molecule has 0 aliphatic heterocycles. The smallest absolute Gasteiger partial charge is 0.165 e. The second kappa shape index (κ2) is 37.1. The van der Waals surface area contributed by atoms with Crippen molar-refractivity contribution < 1.29 is 0 Å². The lowest BCUT2D eigenvalue weighted by Gasteiger charge is -2.15. The SMILES string of the molecule is c1ccc2c(-c3nc(-c4ccc(-c5ccc6cnccc6c5)cc4)nc(-c4c5ccccc5cc5ccccc45)n3)c3ccccc3cc2c1.c1ccc2cc3c(-c4nc(-c5ccc(-c6ccc7cnccc7c6)cc5)nc(-c5cccc6cc7ccccc7cc56)n4)cccc3cc2c1.c1ccc2cc3cc(-c4nc(-c5ccc(-c6ccc7cnccc7c6)cc5)nc(-c5ccc6cc7ccccc7cc6c5)n4)ccc3cc2c1. The third-order valence-electron chi connectivity index (χ3n) is 29.1. The molecule has 0 atom stereocenters. The molecule has 0 unspecified atom stereocenters. The average molecular weight is 1910 g/mol. The second-order valence-electron chi connectivity index (χ2n) is 38.3. The largest absolute Gasteiger partial charge is 0.264 e. The molecule has 0 aliphatic rings. The minimum atomic E-state index is 0.634. The van der Waals surface area contributed by atoms with Gasteiger partial charge in [-0.3, -0.25) is 15.0 Å². The van der Waals surface area contributed by atoms with Crippen LogP contribution < -0.4 is 0 Å². The van der Waals surface area contributed by atoms with Crippen LogP contribution in [0, 0.1) is 0 Å². The molecule has 696 valence electrons. The Bertz CT molecular complexity index is 10200. The fourth-order valence-corrected chi connectivity index (χ4v) is 21.5. The van der Waals surface area contributed by atoms with Crippen LogP contribution in [0.1, 0.15) is 0 Å². The molecule has 0 fully saturated rings. The van der Waals surface area contributed by atoms with Crippen molar-refractivity contribution in [2.24, 2.45) is 0 Å². The van der Waals surface area contributed by atoms with Crippen molar-refractivity contribution in [2.45, 2.75) is 0 Å². The molecule has 30 aromatic rings. The van der Waals surface area contributed by atoms with Crippen molar-refractivity contribution in [1.29, 1.82) is 0 Å². The summed E-state index contributed by atoms with van der Waals surface area (Å²) in [5.74, 6) is 5.80. The van der Waals surface area contributed by atoms with E-state index < -0.39 is 0 Å². The molecular weight excluding hydrogens is 1830 g/mol. The standard InChI is InChI=1S/3C46H28N4/c1-5-13-38-33(9-1)26-34-10-2-6-14-39(34)42(38)45-48-44(30-19-17-29(18-20-30)31-21-22-37-28-47-24-23-32(37)25-31)49-46(50-45)43-40-15-7-3-11-35(40)27-36-12-4-8-16-41(36)43;1-3-9-33-26-42-37(24-31(33)7-1)11-5-13-40(42)45-48-44(30-17-15-29(16-18-30)35-19-20-39-28-47-22-21-36(39)23-35)49-46(50-45)41-14-6-12-38-25-32-8-2-4-10-34(32)27-43(38)41;1-3-7-33-24-42-26-39(16-13-36(42)21-31(33)5-1)45-48-44(30-11-9-29(10-12-30)35-15-18-41-28-47-20-19-38(41)23-35)49-46(50-45)40-17-14-37-22-32-6-2-4-8-34(32)25-43(37)27-40/h3*1-28H. The lowest BCUT2D eigenvalue weighted by atomic mass is 9.95. The van der Waals surface area contributed by atoms with Gasteiger partial charge in [0.1, 0.15) is 0 Å². The van der Waals surface area contributed by atoms with E-state index >= 15 is 0 Å². The van der Waals surface area contributed by atoms with Crippen LogP contribution in [0.4, 0.5) is 0 Å². The highest BCUT2D eigenvalue weighted by Gasteiger charge is 2.24. The molecule has 24 aromatic carbocycles.